The van der Waals surface area contributed by atoms with Crippen LogP contribution in [0.2, 0.25) is 0 Å². The van der Waals surface area contributed by atoms with Crippen molar-refractivity contribution < 1.29 is 53.8 Å². The summed E-state index contributed by atoms with van der Waals surface area (Å²) in [7, 11) is 9.21. The molecule has 0 radical (unpaired) electrons. The first-order valence-electron chi connectivity index (χ1n) is 14.1. The number of primary amides is 1. The Kier molecular flexibility index (Phi) is 9.85. The van der Waals surface area contributed by atoms with Crippen molar-refractivity contribution in [3.63, 3.8) is 0 Å². The van der Waals surface area contributed by atoms with E-state index in [1.807, 2.05) is 4.90 Å². The molecule has 0 heterocycles. The Hall–Kier alpha value is -3.37. The fourth-order valence-corrected chi connectivity index (χ4v) is 6.82. The minimum Gasteiger partial charge on any atom is -0.510 e. The Labute approximate surface area is 255 Å². The number of nitrogens with zero attached hydrogens (tertiary/aromatic N) is 2. The zero-order valence-electron chi connectivity index (χ0n) is 25.7. The highest BCUT2D eigenvalue weighted by atomic mass is 16.7. The summed E-state index contributed by atoms with van der Waals surface area (Å²) in [6.07, 6.45) is -1.00. The van der Waals surface area contributed by atoms with E-state index in [2.05, 4.69) is 0 Å². The summed E-state index contributed by atoms with van der Waals surface area (Å²) in [5.41, 5.74) is 2.80. The van der Waals surface area contributed by atoms with Gasteiger partial charge >= 0.3 is 0 Å². The highest BCUT2D eigenvalue weighted by Crippen LogP contribution is 2.52. The number of carbonyl (C=O) groups excluding carboxylic acids is 3. The molecule has 0 spiro atoms. The van der Waals surface area contributed by atoms with E-state index in [1.165, 1.54) is 39.4 Å². The van der Waals surface area contributed by atoms with E-state index in [1.54, 1.807) is 20.2 Å². The van der Waals surface area contributed by atoms with Crippen LogP contribution in [0.5, 0.6) is 5.75 Å². The number of fused-ring (bicyclic) bond motifs is 3. The van der Waals surface area contributed by atoms with Gasteiger partial charge in [0.05, 0.1) is 24.7 Å². The van der Waals surface area contributed by atoms with Crippen molar-refractivity contribution in [2.45, 2.75) is 43.6 Å². The first-order valence-corrected chi connectivity index (χ1v) is 14.1. The van der Waals surface area contributed by atoms with E-state index < -0.39 is 70.6 Å². The number of phenolic OH excluding ortho intramolecular Hbond substituents is 1. The lowest BCUT2D eigenvalue weighted by Gasteiger charge is -2.50. The molecule has 0 fully saturated rings. The van der Waals surface area contributed by atoms with Crippen LogP contribution < -0.4 is 5.73 Å². The van der Waals surface area contributed by atoms with Crippen molar-refractivity contribution in [1.82, 2.24) is 9.80 Å². The Morgan fingerprint density at radius 1 is 1.02 bits per heavy atom. The number of carbonyl (C=O) groups is 3. The summed E-state index contributed by atoms with van der Waals surface area (Å²) in [6, 6.07) is 2.00. The second kappa shape index (κ2) is 12.9. The molecular weight excluding hydrogens is 578 g/mol. The number of aliphatic hydroxyl groups is 3. The Morgan fingerprint density at radius 3 is 2.09 bits per heavy atom. The lowest BCUT2D eigenvalue weighted by atomic mass is 9.58. The molecule has 1 aromatic rings. The number of benzene rings is 1. The number of aliphatic hydroxyl groups excluding tert-OH is 2. The SMILES string of the molecule is COC(CN(Cc1ccc(O)c2c1C[C@H]1C[C@H]3[C@H](N(C)C)C(O)=C(C(N)=O)C(=O)[C@@]3(O)C(O)=C1C2=O)CC(OC)OC)OC. The molecule has 14 heteroatoms. The van der Waals surface area contributed by atoms with Gasteiger partial charge in [0.15, 0.2) is 24.0 Å². The molecule has 1 aromatic carbocycles. The van der Waals surface area contributed by atoms with Gasteiger partial charge in [-0.2, -0.15) is 0 Å². The largest absolute Gasteiger partial charge is 0.510 e. The van der Waals surface area contributed by atoms with Crippen LogP contribution in [0.25, 0.3) is 0 Å². The number of likely N-dealkylation sites (N-methyl/N-ethyl adjacent to an activating group) is 1. The third kappa shape index (κ3) is 5.51. The van der Waals surface area contributed by atoms with Gasteiger partial charge in [-0.25, -0.2) is 0 Å². The predicted octanol–water partition coefficient (Wildman–Crippen LogP) is 0.160. The van der Waals surface area contributed by atoms with E-state index in [0.29, 0.717) is 24.2 Å². The molecule has 0 bridgehead atoms. The molecule has 1 amide bonds. The summed E-state index contributed by atoms with van der Waals surface area (Å²) in [4.78, 5) is 43.1. The van der Waals surface area contributed by atoms with Crippen molar-refractivity contribution in [3.05, 3.63) is 51.5 Å². The van der Waals surface area contributed by atoms with Crippen molar-refractivity contribution in [2.75, 3.05) is 55.6 Å². The number of hydrogen-bond acceptors (Lipinski definition) is 13. The number of phenols is 1. The Morgan fingerprint density at radius 2 is 1.59 bits per heavy atom. The molecule has 3 aliphatic carbocycles. The van der Waals surface area contributed by atoms with Crippen LogP contribution >= 0.6 is 0 Å². The molecule has 0 saturated carbocycles. The van der Waals surface area contributed by atoms with Crippen LogP contribution in [0.1, 0.15) is 27.9 Å². The van der Waals surface area contributed by atoms with Crippen LogP contribution in [0.3, 0.4) is 0 Å². The normalized spacial score (nSPS) is 25.3. The first kappa shape index (κ1) is 33.5. The molecule has 0 aromatic heterocycles. The van der Waals surface area contributed by atoms with Gasteiger partial charge in [0.2, 0.25) is 5.78 Å². The van der Waals surface area contributed by atoms with Crippen LogP contribution in [0.4, 0.5) is 0 Å². The predicted molar refractivity (Wildman–Crippen MR) is 155 cm³/mol. The topological polar surface area (TPSA) is 202 Å². The molecule has 44 heavy (non-hydrogen) atoms. The van der Waals surface area contributed by atoms with Gasteiger partial charge in [0, 0.05) is 46.5 Å². The summed E-state index contributed by atoms with van der Waals surface area (Å²) in [6.45, 7) is 0.896. The molecule has 14 nitrogen and oxygen atoms in total. The van der Waals surface area contributed by atoms with Crippen LogP contribution in [-0.4, -0.2) is 128 Å². The van der Waals surface area contributed by atoms with Crippen LogP contribution in [0, 0.1) is 11.8 Å². The number of methoxy groups -OCH3 is 4. The average molecular weight is 620 g/mol. The van der Waals surface area contributed by atoms with Crippen molar-refractivity contribution in [2.24, 2.45) is 17.6 Å². The molecule has 3 aliphatic rings. The van der Waals surface area contributed by atoms with E-state index in [0.717, 1.165) is 0 Å². The maximum absolute atomic E-state index is 14.0. The second-order valence-corrected chi connectivity index (χ2v) is 11.6. The molecule has 0 aliphatic heterocycles. The first-order chi connectivity index (χ1) is 20.8. The van der Waals surface area contributed by atoms with E-state index in [-0.39, 0.29) is 36.3 Å². The average Bonchev–Trinajstić information content (AvgIpc) is 2.97. The summed E-state index contributed by atoms with van der Waals surface area (Å²) in [5, 5.41) is 45.1. The van der Waals surface area contributed by atoms with Gasteiger partial charge < -0.3 is 45.1 Å². The maximum atomic E-state index is 14.0. The minimum absolute atomic E-state index is 0.00454. The quantitative estimate of drug-likeness (QED) is 0.157. The number of aromatic hydroxyl groups is 1. The van der Waals surface area contributed by atoms with Crippen LogP contribution in [0.15, 0.2) is 34.8 Å². The number of nitrogens with two attached hydrogens (primary N) is 1. The third-order valence-electron chi connectivity index (χ3n) is 8.96. The van der Waals surface area contributed by atoms with Crippen molar-refractivity contribution >= 4 is 17.5 Å². The monoisotopic (exact) mass is 619 g/mol. The Balaban J connectivity index is 1.82. The van der Waals surface area contributed by atoms with E-state index in [9.17, 15) is 34.8 Å². The van der Waals surface area contributed by atoms with Crippen molar-refractivity contribution in [3.8, 4) is 5.75 Å². The smallest absolute Gasteiger partial charge is 0.255 e. The number of ether oxygens (including phenoxy) is 4. The van der Waals surface area contributed by atoms with Gasteiger partial charge in [-0.05, 0) is 50.0 Å². The van der Waals surface area contributed by atoms with Gasteiger partial charge in [-0.1, -0.05) is 6.07 Å². The second-order valence-electron chi connectivity index (χ2n) is 11.6. The van der Waals surface area contributed by atoms with Gasteiger partial charge in [0.25, 0.3) is 5.91 Å². The molecule has 0 saturated heterocycles. The summed E-state index contributed by atoms with van der Waals surface area (Å²) in [5.74, 6) is -6.96. The summed E-state index contributed by atoms with van der Waals surface area (Å²) < 4.78 is 21.6. The highest BCUT2D eigenvalue weighted by Gasteiger charge is 2.63. The van der Waals surface area contributed by atoms with Gasteiger partial charge in [-0.15, -0.1) is 0 Å². The Bertz CT molecular complexity index is 1370. The fraction of sp³-hybridized carbons (Fsp3) is 0.567. The molecular formula is C30H41N3O11. The van der Waals surface area contributed by atoms with Crippen molar-refractivity contribution in [1.29, 1.82) is 0 Å². The molecule has 242 valence electrons. The fourth-order valence-electron chi connectivity index (χ4n) is 6.82. The number of rotatable bonds is 12. The van der Waals surface area contributed by atoms with E-state index in [4.69, 9.17) is 24.7 Å². The molecule has 6 N–H and O–H groups in total. The molecule has 4 rings (SSSR count). The number of ketones is 2. The third-order valence-corrected chi connectivity index (χ3v) is 8.96. The number of hydrogen-bond donors (Lipinski definition) is 5. The lowest BCUT2D eigenvalue weighted by molar-refractivity contribution is -0.148. The number of allylic oxidation sites excluding steroid dienone is 1. The molecule has 4 atom stereocenters. The molecule has 0 unspecified atom stereocenters. The van der Waals surface area contributed by atoms with Crippen LogP contribution in [-0.2, 0) is 41.5 Å². The number of amides is 1. The number of Topliss-reactive ketones (excluding diaryl/α,β-unsaturated/α-hetero) is 2. The minimum atomic E-state index is -2.70. The zero-order chi connectivity index (χ0) is 32.7. The summed E-state index contributed by atoms with van der Waals surface area (Å²) >= 11 is 0. The maximum Gasteiger partial charge on any atom is 0.255 e. The van der Waals surface area contributed by atoms with Gasteiger partial charge in [0.1, 0.15) is 22.8 Å². The zero-order valence-corrected chi connectivity index (χ0v) is 25.7. The highest BCUT2D eigenvalue weighted by molar-refractivity contribution is 6.24. The standard InChI is InChI=1S/C30H41N3O11/c1-32(2)24-17-10-15-9-16-14(11-33(12-19(41-3)42-4)13-20(43-5)44-6)7-8-18(34)22(16)25(35)21(15)27(37)30(17,40)28(38)23(26(24)36)29(31)39/h7-8,15,17,19-20,24,34,36-37,40H,9-13H2,1-6H3,(H2,31,39)/t15-,17-,24-,30-/m0/s1. The van der Waals surface area contributed by atoms with E-state index >= 15 is 0 Å². The lowest BCUT2D eigenvalue weighted by Crippen LogP contribution is -2.63. The van der Waals surface area contributed by atoms with Gasteiger partial charge in [-0.3, -0.25) is 24.2 Å².